The van der Waals surface area contributed by atoms with Gasteiger partial charge in [0.15, 0.2) is 5.78 Å². The van der Waals surface area contributed by atoms with Crippen LogP contribution in [0.15, 0.2) is 105 Å². The Kier molecular flexibility index (Phi) is 48.7. The average Bonchev–Trinajstić information content (AvgIpc) is 1.44. The highest BCUT2D eigenvalue weighted by molar-refractivity contribution is 7.46. The average molecular weight is 1940 g/mol. The van der Waals surface area contributed by atoms with Crippen molar-refractivity contribution in [3.63, 3.8) is 0 Å². The van der Waals surface area contributed by atoms with Crippen molar-refractivity contribution in [2.24, 2.45) is 0 Å². The summed E-state index contributed by atoms with van der Waals surface area (Å²) in [6.07, 6.45) is 2.76. The molecule has 0 bridgehead atoms. The number of ketones is 1. The molecule has 2 aliphatic carbocycles. The molecule has 2 aliphatic heterocycles. The number of aromatic carboxylic acids is 1. The van der Waals surface area contributed by atoms with Gasteiger partial charge in [0.2, 0.25) is 5.91 Å². The molecule has 732 valence electrons. The summed E-state index contributed by atoms with van der Waals surface area (Å²) in [6.45, 7) is -0.655. The van der Waals surface area contributed by atoms with Gasteiger partial charge in [0.1, 0.15) is 36.2 Å². The van der Waals surface area contributed by atoms with Crippen LogP contribution in [0.4, 0.5) is 5.82 Å². The number of anilines is 1. The molecular formula is C79H111N7O41P4-4. The predicted octanol–water partition coefficient (Wildman–Crippen LogP) is -0.175. The number of carbonyl (C=O) groups is 4. The molecule has 48 nitrogen and oxygen atoms in total. The van der Waals surface area contributed by atoms with Gasteiger partial charge in [-0.1, -0.05) is 25.0 Å². The number of nitrogens with one attached hydrogen (secondary N) is 3. The summed E-state index contributed by atoms with van der Waals surface area (Å²) in [4.78, 5) is 147. The van der Waals surface area contributed by atoms with Crippen LogP contribution in [0.3, 0.4) is 0 Å². The summed E-state index contributed by atoms with van der Waals surface area (Å²) in [5, 5.41) is 45.1. The number of aliphatic hydroxyl groups excluding tert-OH is 2. The zero-order valence-electron chi connectivity index (χ0n) is 71.6. The van der Waals surface area contributed by atoms with Crippen molar-refractivity contribution < 1.29 is 180 Å². The maximum absolute atomic E-state index is 13.5. The number of H-pyrrole nitrogens is 1. The van der Waals surface area contributed by atoms with Crippen LogP contribution in [-0.2, 0) is 137 Å². The van der Waals surface area contributed by atoms with Gasteiger partial charge in [-0.2, -0.15) is 4.98 Å². The molecule has 2 aromatic heterocycles. The largest absolute Gasteiger partial charge is 0.756 e. The third-order valence-electron chi connectivity index (χ3n) is 18.8. The van der Waals surface area contributed by atoms with Crippen molar-refractivity contribution in [2.75, 3.05) is 230 Å². The van der Waals surface area contributed by atoms with Crippen LogP contribution in [0.5, 0.6) is 5.75 Å². The number of aliphatic hydroxyl groups is 2. The number of unbranched alkanes of at least 4 members (excludes halogenated alkanes) is 3. The number of phenols is 1. The number of amides is 2. The summed E-state index contributed by atoms with van der Waals surface area (Å²) in [5.74, 6) is -2.63. The Hall–Kier alpha value is -7.56. The third kappa shape index (κ3) is 40.9. The first-order valence-corrected chi connectivity index (χ1v) is 47.6. The van der Waals surface area contributed by atoms with Crippen molar-refractivity contribution in [3.05, 3.63) is 155 Å². The maximum atomic E-state index is 13.5. The number of phosphoric ester groups is 4. The van der Waals surface area contributed by atoms with Crippen molar-refractivity contribution >= 4 is 72.3 Å². The lowest BCUT2D eigenvalue weighted by Crippen LogP contribution is -2.33. The molecule has 6 unspecified atom stereocenters. The number of phenolic OH excluding ortho intramolecular Hbond substituents is 1. The summed E-state index contributed by atoms with van der Waals surface area (Å²) in [5.41, 5.74) is 5.90. The van der Waals surface area contributed by atoms with Crippen LogP contribution in [0.25, 0.3) is 11.6 Å². The number of allylic oxidation sites excluding steroid dienone is 5. The number of carbonyl (C=O) groups excluding carboxylic acids is 3. The standard InChI is InChI=1S/C79H115N7O41P4/c80-70-13-16-85(78(96)83-70)72-51-66(90)68(125-72)54-123-129(100,101)120-44-39-116-35-36-117-41-46-122-131(104,105)127-67-52-73(126-69(67)55-124-130(102,103)121-45-40-115-34-31-112-28-25-109-24-27-111-30-33-114-38-43-119-128(98,99)118-42-37-113-32-29-110-26-23-108-22-21-107-20-19-106-18-17-87)86-53-57(76(93)84-79(86)97)6-12-71(91)81-14-3-1-2-4-15-82-75(92)56-5-9-64(77(94)95)65(50-56)74-62-10-7-60(88)48-58(62)47-59-49-61(89)8-11-63(59)74/h5-13,16,48-50,53,66-69,72-73,87-88,90H,1-4,14-15,17-47,51-52,54-55H2,(H,81,91)(H,82,92)(H,94,95)(H,98,99)(H,100,101)(H,102,103)(H,104,105)(H2,80,83,96)(H,84,93,97)/p-4/b12-6+/t66?,67?,68-,69-,72-,73-/m1/s1. The number of phosphoric acid groups is 4. The van der Waals surface area contributed by atoms with Crippen molar-refractivity contribution in [1.29, 1.82) is 0 Å². The Bertz CT molecular complexity index is 4760. The molecule has 0 radical (unpaired) electrons. The quantitative estimate of drug-likeness (QED) is 0.0161. The molecule has 2 saturated heterocycles. The number of ether oxygens (including phenoxy) is 14. The number of nitrogens with zero attached hydrogens (tertiary/aromatic N) is 3. The highest BCUT2D eigenvalue weighted by Gasteiger charge is 2.42. The van der Waals surface area contributed by atoms with Crippen LogP contribution >= 0.6 is 31.3 Å². The highest BCUT2D eigenvalue weighted by atomic mass is 31.2. The maximum Gasteiger partial charge on any atom is 0.351 e. The normalized spacial score (nSPS) is 19.2. The van der Waals surface area contributed by atoms with Gasteiger partial charge >= 0.3 is 17.3 Å². The smallest absolute Gasteiger partial charge is 0.351 e. The molecule has 4 aromatic rings. The number of aromatic nitrogens is 4. The minimum atomic E-state index is -5.37. The fraction of sp³-hybridized carbons (Fsp3) is 0.595. The summed E-state index contributed by atoms with van der Waals surface area (Å²) in [7, 11) is -20.1. The molecule has 131 heavy (non-hydrogen) atoms. The zero-order valence-corrected chi connectivity index (χ0v) is 75.2. The zero-order chi connectivity index (χ0) is 94.3. The van der Waals surface area contributed by atoms with E-state index in [1.807, 2.05) is 0 Å². The molecular weight excluding hydrogens is 1830 g/mol. The Morgan fingerprint density at radius 3 is 1.52 bits per heavy atom. The van der Waals surface area contributed by atoms with Crippen molar-refractivity contribution in [1.82, 2.24) is 29.7 Å². The van der Waals surface area contributed by atoms with E-state index in [-0.39, 0.29) is 198 Å². The van der Waals surface area contributed by atoms with Crippen LogP contribution < -0.4 is 52.9 Å². The molecule has 0 saturated carbocycles. The Labute approximate surface area is 751 Å². The lowest BCUT2D eigenvalue weighted by atomic mass is 9.76. The number of carboxylic acids is 1. The first-order chi connectivity index (χ1) is 63.0. The van der Waals surface area contributed by atoms with Gasteiger partial charge in [0.05, 0.1) is 235 Å². The van der Waals surface area contributed by atoms with Crippen LogP contribution in [-0.4, -0.2) is 312 Å². The number of benzene rings is 2. The summed E-state index contributed by atoms with van der Waals surface area (Å²) in [6, 6.07) is 10.3. The number of hydrogen-bond acceptors (Lipinski definition) is 42. The highest BCUT2D eigenvalue weighted by Crippen LogP contribution is 2.48. The lowest BCUT2D eigenvalue weighted by molar-refractivity contribution is -0.235. The number of fused-ring (bicyclic) bond motifs is 2. The molecule has 9 N–H and O–H groups in total. The van der Waals surface area contributed by atoms with E-state index in [4.69, 9.17) is 113 Å². The van der Waals surface area contributed by atoms with Crippen molar-refractivity contribution in [2.45, 2.75) is 81.8 Å². The number of nitrogens with two attached hydrogens (primary N) is 1. The second kappa shape index (κ2) is 58.7. The van der Waals surface area contributed by atoms with Crippen molar-refractivity contribution in [3.8, 4) is 5.75 Å². The second-order valence-corrected chi connectivity index (χ2v) is 34.0. The van der Waals surface area contributed by atoms with E-state index in [0.29, 0.717) is 99.6 Å². The molecule has 2 aromatic carbocycles. The molecule has 2 amide bonds. The third-order valence-corrected chi connectivity index (χ3v) is 22.8. The van der Waals surface area contributed by atoms with Gasteiger partial charge < -0.3 is 159 Å². The van der Waals surface area contributed by atoms with Gasteiger partial charge in [-0.15, -0.1) is 0 Å². The fourth-order valence-electron chi connectivity index (χ4n) is 12.7. The summed E-state index contributed by atoms with van der Waals surface area (Å²) < 4.78 is 168. The van der Waals surface area contributed by atoms with E-state index in [1.165, 1.54) is 48.7 Å². The number of hydrogen-bond donors (Lipinski definition) is 8. The van der Waals surface area contributed by atoms with E-state index in [2.05, 4.69) is 20.6 Å². The minimum absolute atomic E-state index is 0.00266. The van der Waals surface area contributed by atoms with E-state index in [1.54, 1.807) is 18.2 Å². The van der Waals surface area contributed by atoms with Crippen LogP contribution in [0.2, 0.25) is 0 Å². The Morgan fingerprint density at radius 1 is 0.550 bits per heavy atom. The SMILES string of the molecule is Nc1ccn([C@H]2CC(O)[C@@H](COP(=O)([O-])OCCOCCOCCOP(=O)([O-])OC3C[C@H](n4cc(/C=C/C(=O)NCCCCCCNC(=O)c5ccc(C(=O)O)c(C6=C7C=CC(=O)C=C7Cc7cc(O)ccc76)c5)c(=O)[nH]c4=O)O[C@@H]3COP(=O)([O-])OCCOCCOCCOCCOCCOCCOP(=O)([O-])OCCOCCOCCOCCOCCOCCO)O2)c(=O)n1. The Morgan fingerprint density at radius 2 is 1.02 bits per heavy atom. The van der Waals surface area contributed by atoms with E-state index in [0.717, 1.165) is 27.5 Å². The number of carboxylic acid groups (broad SMARTS) is 1. The van der Waals surface area contributed by atoms with E-state index in [9.17, 15) is 86.7 Å². The first-order valence-electron chi connectivity index (χ1n) is 41.8. The Balaban J connectivity index is 0.705. The second-order valence-electron chi connectivity index (χ2n) is 28.4. The molecule has 52 heteroatoms. The van der Waals surface area contributed by atoms with Crippen LogP contribution in [0, 0.1) is 0 Å². The fourth-order valence-corrected chi connectivity index (χ4v) is 15.7. The minimum Gasteiger partial charge on any atom is -0.756 e. The summed E-state index contributed by atoms with van der Waals surface area (Å²) >= 11 is 0. The molecule has 4 aliphatic rings. The van der Waals surface area contributed by atoms with Crippen LogP contribution in [0.1, 0.15) is 94.0 Å². The van der Waals surface area contributed by atoms with Gasteiger partial charge in [-0.05, 0) is 107 Å². The lowest BCUT2D eigenvalue weighted by Gasteiger charge is -2.29. The molecule has 10 atom stereocenters. The van der Waals surface area contributed by atoms with Gasteiger partial charge in [0, 0.05) is 50.0 Å². The molecule has 4 heterocycles. The number of aromatic hydroxyl groups is 1. The molecule has 8 rings (SSSR count). The first kappa shape index (κ1) is 109. The van der Waals surface area contributed by atoms with Gasteiger partial charge in [0.25, 0.3) is 42.8 Å². The van der Waals surface area contributed by atoms with E-state index >= 15 is 0 Å². The predicted molar refractivity (Wildman–Crippen MR) is 447 cm³/mol. The molecule has 2 fully saturated rings. The monoisotopic (exact) mass is 1940 g/mol. The number of nitrogen functional groups attached to an aromatic ring is 1. The number of rotatable bonds is 71. The number of aromatic amines is 1. The molecule has 0 spiro atoms. The topological polar surface area (TPSA) is 653 Å². The van der Waals surface area contributed by atoms with E-state index < -0.39 is 142 Å². The van der Waals surface area contributed by atoms with Gasteiger partial charge in [-0.25, -0.2) is 14.4 Å². The van der Waals surface area contributed by atoms with Gasteiger partial charge in [-0.3, -0.25) is 51.6 Å².